The average Bonchev–Trinajstić information content (AvgIpc) is 3.62. The third-order valence-corrected chi connectivity index (χ3v) is 6.22. The maximum Gasteiger partial charge on any atom is 0.150 e. The van der Waals surface area contributed by atoms with Crippen molar-refractivity contribution in [3.63, 3.8) is 0 Å². The van der Waals surface area contributed by atoms with Crippen LogP contribution >= 0.6 is 0 Å². The number of anilines is 1. The van der Waals surface area contributed by atoms with Gasteiger partial charge in [0.2, 0.25) is 0 Å². The fourth-order valence-electron chi connectivity index (χ4n) is 4.40. The smallest absolute Gasteiger partial charge is 0.150 e. The van der Waals surface area contributed by atoms with Crippen LogP contribution in [0.15, 0.2) is 92.0 Å². The second-order valence-electron chi connectivity index (χ2n) is 8.82. The molecule has 0 bridgehead atoms. The number of allylic oxidation sites excluding steroid dienone is 3. The van der Waals surface area contributed by atoms with Crippen molar-refractivity contribution in [3.8, 4) is 11.4 Å². The van der Waals surface area contributed by atoms with Gasteiger partial charge in [-0.25, -0.2) is 9.97 Å². The molecule has 0 aliphatic carbocycles. The van der Waals surface area contributed by atoms with E-state index in [0.29, 0.717) is 11.7 Å². The van der Waals surface area contributed by atoms with Crippen LogP contribution in [0, 0.1) is 0 Å². The molecule has 36 heavy (non-hydrogen) atoms. The van der Waals surface area contributed by atoms with E-state index < -0.39 is 0 Å². The molecule has 7 heteroatoms. The molecule has 1 unspecified atom stereocenters. The summed E-state index contributed by atoms with van der Waals surface area (Å²) in [6.45, 7) is 9.31. The molecule has 4 heterocycles. The molecule has 0 amide bonds. The van der Waals surface area contributed by atoms with Crippen molar-refractivity contribution in [1.29, 1.82) is 0 Å². The van der Waals surface area contributed by atoms with Crippen molar-refractivity contribution in [3.05, 3.63) is 97.8 Å². The fraction of sp³-hybridized carbons (Fsp3) is 0.241. The van der Waals surface area contributed by atoms with Crippen LogP contribution in [0.3, 0.4) is 0 Å². The predicted octanol–water partition coefficient (Wildman–Crippen LogP) is 5.33. The van der Waals surface area contributed by atoms with Crippen LogP contribution in [-0.4, -0.2) is 39.5 Å². The van der Waals surface area contributed by atoms with Crippen molar-refractivity contribution in [2.24, 2.45) is 0 Å². The van der Waals surface area contributed by atoms with Crippen LogP contribution in [-0.2, 0) is 0 Å². The number of hydrogen-bond acceptors (Lipinski definition) is 5. The molecular formula is C29H35N7. The molecular weight excluding hydrogens is 446 g/mol. The summed E-state index contributed by atoms with van der Waals surface area (Å²) in [5, 5.41) is 7.41. The largest absolute Gasteiger partial charge is 0.387 e. The lowest BCUT2D eigenvalue weighted by Crippen LogP contribution is -2.14. The summed E-state index contributed by atoms with van der Waals surface area (Å²) in [5.74, 6) is 1.80. The van der Waals surface area contributed by atoms with Crippen molar-refractivity contribution in [1.82, 2.24) is 30.0 Å². The zero-order chi connectivity index (χ0) is 25.3. The minimum atomic E-state index is 0.291. The Hall–Kier alpha value is -4.10. The molecule has 1 aromatic carbocycles. The number of aromatic amines is 1. The van der Waals surface area contributed by atoms with Gasteiger partial charge in [0.15, 0.2) is 0 Å². The Balaban J connectivity index is 0.000000445. The normalized spacial score (nSPS) is 13.8. The van der Waals surface area contributed by atoms with Crippen molar-refractivity contribution >= 4 is 22.2 Å². The van der Waals surface area contributed by atoms with Crippen LogP contribution in [0.2, 0.25) is 0 Å². The number of aromatic nitrogens is 4. The minimum Gasteiger partial charge on any atom is -0.387 e. The number of nitrogens with one attached hydrogen (secondary N) is 3. The van der Waals surface area contributed by atoms with Crippen molar-refractivity contribution in [2.45, 2.75) is 25.2 Å². The molecule has 0 spiro atoms. The number of fused-ring (bicyclic) bond motifs is 2. The number of nitrogens with two attached hydrogens (primary N) is 1. The van der Waals surface area contributed by atoms with Gasteiger partial charge < -0.3 is 21.4 Å². The van der Waals surface area contributed by atoms with E-state index in [-0.39, 0.29) is 0 Å². The summed E-state index contributed by atoms with van der Waals surface area (Å²) in [5.41, 5.74) is 11.2. The number of H-pyrrole nitrogens is 1. The van der Waals surface area contributed by atoms with E-state index in [2.05, 4.69) is 62.4 Å². The van der Waals surface area contributed by atoms with Crippen molar-refractivity contribution in [2.75, 3.05) is 25.9 Å². The Bertz CT molecular complexity index is 1360. The van der Waals surface area contributed by atoms with E-state index in [1.807, 2.05) is 49.8 Å². The molecule has 186 valence electrons. The van der Waals surface area contributed by atoms with E-state index >= 15 is 0 Å². The molecule has 1 aliphatic heterocycles. The van der Waals surface area contributed by atoms with Crippen LogP contribution in [0.4, 0.5) is 5.82 Å². The quantitative estimate of drug-likeness (QED) is 0.242. The van der Waals surface area contributed by atoms with Gasteiger partial charge in [-0.2, -0.15) is 0 Å². The topological polar surface area (TPSA) is 96.1 Å². The molecule has 7 nitrogen and oxygen atoms in total. The standard InChI is InChI=1S/C24H28N6.C5H7N/c1-3-4-5-6-9-17(12-13-26-2)24-29-21(22-23(25)27-14-15-30(22)24)20-16-18-10-7-8-11-19(18)28-20;1-5-2-3-6-4-5/h3-5,7-8,10-11,14-17,26,28H,1,6,9,12-13H2,2H3,(H2,25,27);2-3,6H,1,4H2/b5-4+;. The average molecular weight is 482 g/mol. The Kier molecular flexibility index (Phi) is 8.36. The summed E-state index contributed by atoms with van der Waals surface area (Å²) in [4.78, 5) is 12.9. The summed E-state index contributed by atoms with van der Waals surface area (Å²) in [6.07, 6.45) is 16.5. The van der Waals surface area contributed by atoms with Gasteiger partial charge in [-0.05, 0) is 62.8 Å². The highest BCUT2D eigenvalue weighted by atomic mass is 15.1. The number of benzene rings is 1. The third kappa shape index (κ3) is 5.75. The number of rotatable bonds is 9. The van der Waals surface area contributed by atoms with Crippen molar-refractivity contribution < 1.29 is 0 Å². The van der Waals surface area contributed by atoms with Crippen LogP contribution in [0.1, 0.15) is 31.0 Å². The molecule has 0 radical (unpaired) electrons. The summed E-state index contributed by atoms with van der Waals surface area (Å²) in [6, 6.07) is 10.4. The van der Waals surface area contributed by atoms with Gasteiger partial charge in [0.1, 0.15) is 22.9 Å². The maximum atomic E-state index is 6.32. The SMILES string of the molecule is C=C/C=C/CCC(CCNC)c1nc(-c2cc3ccccc3[nH]2)c2c(N)nccn12.C=C1C=CNC1. The second-order valence-corrected chi connectivity index (χ2v) is 8.82. The number of nitrogens with zero attached hydrogens (tertiary/aromatic N) is 3. The molecule has 1 aliphatic rings. The van der Waals surface area contributed by atoms with E-state index in [4.69, 9.17) is 10.7 Å². The van der Waals surface area contributed by atoms with Gasteiger partial charge in [-0.1, -0.05) is 49.6 Å². The van der Waals surface area contributed by atoms with Gasteiger partial charge in [-0.3, -0.25) is 4.40 Å². The zero-order valence-electron chi connectivity index (χ0n) is 20.9. The lowest BCUT2D eigenvalue weighted by atomic mass is 9.98. The lowest BCUT2D eigenvalue weighted by Gasteiger charge is -2.15. The molecule has 5 rings (SSSR count). The predicted molar refractivity (Wildman–Crippen MR) is 151 cm³/mol. The zero-order valence-corrected chi connectivity index (χ0v) is 20.9. The lowest BCUT2D eigenvalue weighted by molar-refractivity contribution is 0.535. The molecule has 4 aromatic rings. The highest BCUT2D eigenvalue weighted by Crippen LogP contribution is 2.34. The summed E-state index contributed by atoms with van der Waals surface area (Å²) >= 11 is 0. The maximum absolute atomic E-state index is 6.32. The molecule has 0 fully saturated rings. The van der Waals surface area contributed by atoms with Gasteiger partial charge in [0.05, 0.1) is 5.69 Å². The third-order valence-electron chi connectivity index (χ3n) is 6.22. The van der Waals surface area contributed by atoms with Crippen LogP contribution in [0.25, 0.3) is 27.8 Å². The highest BCUT2D eigenvalue weighted by molar-refractivity contribution is 5.91. The first-order chi connectivity index (χ1) is 17.6. The number of nitrogen functional groups attached to an aromatic ring is 1. The van der Waals surface area contributed by atoms with E-state index in [9.17, 15) is 0 Å². The van der Waals surface area contributed by atoms with E-state index in [0.717, 1.165) is 71.6 Å². The highest BCUT2D eigenvalue weighted by Gasteiger charge is 2.22. The van der Waals surface area contributed by atoms with Gasteiger partial charge in [0, 0.05) is 35.8 Å². The fourth-order valence-corrected chi connectivity index (χ4v) is 4.40. The first-order valence-corrected chi connectivity index (χ1v) is 12.3. The minimum absolute atomic E-state index is 0.291. The van der Waals surface area contributed by atoms with Gasteiger partial charge in [-0.15, -0.1) is 0 Å². The molecule has 0 saturated carbocycles. The van der Waals surface area contributed by atoms with Gasteiger partial charge >= 0.3 is 0 Å². The van der Waals surface area contributed by atoms with E-state index in [1.165, 1.54) is 0 Å². The molecule has 5 N–H and O–H groups in total. The monoisotopic (exact) mass is 481 g/mol. The Labute approximate surface area is 212 Å². The first kappa shape index (κ1) is 25.0. The Morgan fingerprint density at radius 2 is 2.14 bits per heavy atom. The number of para-hydroxylation sites is 1. The first-order valence-electron chi connectivity index (χ1n) is 12.3. The van der Waals surface area contributed by atoms with Gasteiger partial charge in [0.25, 0.3) is 0 Å². The van der Waals surface area contributed by atoms with E-state index in [1.54, 1.807) is 6.20 Å². The summed E-state index contributed by atoms with van der Waals surface area (Å²) in [7, 11) is 1.98. The summed E-state index contributed by atoms with van der Waals surface area (Å²) < 4.78 is 2.11. The number of imidazole rings is 1. The van der Waals surface area contributed by atoms with Crippen LogP contribution < -0.4 is 16.4 Å². The Morgan fingerprint density at radius 3 is 2.83 bits per heavy atom. The number of hydrogen-bond donors (Lipinski definition) is 4. The molecule has 0 saturated heterocycles. The molecule has 1 atom stereocenters. The Morgan fingerprint density at radius 1 is 1.28 bits per heavy atom. The molecule has 3 aromatic heterocycles. The second kappa shape index (κ2) is 12.0. The van der Waals surface area contributed by atoms with Crippen LogP contribution in [0.5, 0.6) is 0 Å².